The van der Waals surface area contributed by atoms with Crippen LogP contribution in [0.1, 0.15) is 22.8 Å². The number of pyridine rings is 1. The lowest BCUT2D eigenvalue weighted by Crippen LogP contribution is -2.15. The molecule has 184 valence electrons. The van der Waals surface area contributed by atoms with E-state index < -0.39 is 5.97 Å². The predicted molar refractivity (Wildman–Crippen MR) is 141 cm³/mol. The van der Waals surface area contributed by atoms with E-state index in [0.717, 1.165) is 21.2 Å². The van der Waals surface area contributed by atoms with Crippen molar-refractivity contribution in [2.24, 2.45) is 0 Å². The highest BCUT2D eigenvalue weighted by atomic mass is 32.2. The zero-order chi connectivity index (χ0) is 24.9. The molecule has 3 rings (SSSR count). The standard InChI is InChI=1S/C26H28N2O5S2/c1-2-31-13-14-32-15-16-33-20-8-10-21(11-9-20)35-25-12-7-19(18-27-25)17-24(34)28-23-6-4-3-5-22(23)26(29)30/h3-12,18H,2,13-17H2,1H3,(H,28,34)(H,29,30). The molecule has 9 heteroatoms. The maximum Gasteiger partial charge on any atom is 0.337 e. The van der Waals surface area contributed by atoms with E-state index in [9.17, 15) is 9.90 Å². The zero-order valence-corrected chi connectivity index (χ0v) is 21.1. The third-order valence-electron chi connectivity index (χ3n) is 4.71. The smallest absolute Gasteiger partial charge is 0.337 e. The summed E-state index contributed by atoms with van der Waals surface area (Å²) < 4.78 is 16.3. The first kappa shape index (κ1) is 26.6. The minimum Gasteiger partial charge on any atom is -0.491 e. The second-order valence-electron chi connectivity index (χ2n) is 7.31. The quantitative estimate of drug-likeness (QED) is 0.219. The van der Waals surface area contributed by atoms with Crippen LogP contribution in [-0.4, -0.2) is 54.1 Å². The Labute approximate surface area is 214 Å². The Hall–Kier alpha value is -2.98. The van der Waals surface area contributed by atoms with Gasteiger partial charge in [0, 0.05) is 24.1 Å². The first-order chi connectivity index (χ1) is 17.0. The summed E-state index contributed by atoms with van der Waals surface area (Å²) in [5, 5.41) is 13.2. The number of rotatable bonds is 14. The number of carbonyl (C=O) groups is 1. The van der Waals surface area contributed by atoms with Crippen molar-refractivity contribution in [2.75, 3.05) is 38.4 Å². The van der Waals surface area contributed by atoms with E-state index in [1.54, 1.807) is 42.2 Å². The number of hydrogen-bond donors (Lipinski definition) is 2. The Morgan fingerprint density at radius 2 is 1.74 bits per heavy atom. The zero-order valence-electron chi connectivity index (χ0n) is 19.4. The number of anilines is 1. The molecule has 0 spiro atoms. The summed E-state index contributed by atoms with van der Waals surface area (Å²) in [6.07, 6.45) is 2.24. The molecule has 2 aromatic carbocycles. The lowest BCUT2D eigenvalue weighted by atomic mass is 10.1. The van der Waals surface area contributed by atoms with E-state index in [0.29, 0.717) is 50.1 Å². The minimum atomic E-state index is -0.999. The Bertz CT molecular complexity index is 1090. The first-order valence-electron chi connectivity index (χ1n) is 11.2. The van der Waals surface area contributed by atoms with Crippen molar-refractivity contribution in [1.82, 2.24) is 4.98 Å². The van der Waals surface area contributed by atoms with Gasteiger partial charge in [0.15, 0.2) is 0 Å². The minimum absolute atomic E-state index is 0.182. The third kappa shape index (κ3) is 9.29. The van der Waals surface area contributed by atoms with Crippen molar-refractivity contribution in [1.29, 1.82) is 0 Å². The summed E-state index contributed by atoms with van der Waals surface area (Å²) >= 11 is 6.97. The Morgan fingerprint density at radius 1 is 1.00 bits per heavy atom. The number of carboxylic acid groups (broad SMARTS) is 1. The second kappa shape index (κ2) is 14.4. The molecule has 3 aromatic rings. The number of hydrogen-bond acceptors (Lipinski definition) is 7. The Kier molecular flexibility index (Phi) is 11.0. The van der Waals surface area contributed by atoms with Crippen LogP contribution in [-0.2, 0) is 15.9 Å². The van der Waals surface area contributed by atoms with Gasteiger partial charge in [-0.15, -0.1) is 0 Å². The summed E-state index contributed by atoms with van der Waals surface area (Å²) in [7, 11) is 0. The molecular formula is C26H28N2O5S2. The summed E-state index contributed by atoms with van der Waals surface area (Å²) in [6, 6.07) is 18.4. The average molecular weight is 513 g/mol. The van der Waals surface area contributed by atoms with Crippen LogP contribution < -0.4 is 10.1 Å². The largest absolute Gasteiger partial charge is 0.491 e. The van der Waals surface area contributed by atoms with Crippen molar-refractivity contribution in [3.05, 3.63) is 78.0 Å². The van der Waals surface area contributed by atoms with E-state index in [4.69, 9.17) is 26.4 Å². The highest BCUT2D eigenvalue weighted by Gasteiger charge is 2.10. The summed E-state index contributed by atoms with van der Waals surface area (Å²) in [5.41, 5.74) is 1.60. The fraction of sp³-hybridized carbons (Fsp3) is 0.269. The van der Waals surface area contributed by atoms with Gasteiger partial charge < -0.3 is 24.6 Å². The van der Waals surface area contributed by atoms with Crippen molar-refractivity contribution < 1.29 is 24.1 Å². The molecule has 0 bridgehead atoms. The molecule has 0 amide bonds. The summed E-state index contributed by atoms with van der Waals surface area (Å²) in [4.78, 5) is 17.4. The number of aromatic carboxylic acids is 1. The van der Waals surface area contributed by atoms with Gasteiger partial charge in [-0.25, -0.2) is 9.78 Å². The van der Waals surface area contributed by atoms with Gasteiger partial charge in [0.05, 0.1) is 36.1 Å². The predicted octanol–water partition coefficient (Wildman–Crippen LogP) is 5.34. The molecule has 35 heavy (non-hydrogen) atoms. The third-order valence-corrected chi connectivity index (χ3v) is 5.92. The first-order valence-corrected chi connectivity index (χ1v) is 12.4. The molecule has 7 nitrogen and oxygen atoms in total. The molecule has 0 aliphatic heterocycles. The number of ether oxygens (including phenoxy) is 3. The van der Waals surface area contributed by atoms with E-state index in [1.807, 2.05) is 43.3 Å². The van der Waals surface area contributed by atoms with Crippen LogP contribution in [0.3, 0.4) is 0 Å². The molecule has 0 atom stereocenters. The topological polar surface area (TPSA) is 89.9 Å². The summed E-state index contributed by atoms with van der Waals surface area (Å²) in [5.74, 6) is -0.211. The van der Waals surface area contributed by atoms with Crippen LogP contribution in [0.25, 0.3) is 0 Å². The van der Waals surface area contributed by atoms with Crippen molar-refractivity contribution in [2.45, 2.75) is 23.3 Å². The van der Waals surface area contributed by atoms with Gasteiger partial charge in [-0.05, 0) is 55.0 Å². The number of carboxylic acids is 1. The molecule has 0 saturated carbocycles. The monoisotopic (exact) mass is 512 g/mol. The van der Waals surface area contributed by atoms with E-state index in [-0.39, 0.29) is 5.56 Å². The maximum absolute atomic E-state index is 11.4. The van der Waals surface area contributed by atoms with Crippen LogP contribution in [0.15, 0.2) is 76.8 Å². The highest BCUT2D eigenvalue weighted by Crippen LogP contribution is 2.27. The normalized spacial score (nSPS) is 10.7. The van der Waals surface area contributed by atoms with Gasteiger partial charge in [-0.1, -0.05) is 42.2 Å². The lowest BCUT2D eigenvalue weighted by Gasteiger charge is -2.11. The van der Waals surface area contributed by atoms with Crippen LogP contribution >= 0.6 is 24.0 Å². The molecule has 0 aliphatic rings. The van der Waals surface area contributed by atoms with E-state index in [1.165, 1.54) is 0 Å². The molecule has 2 N–H and O–H groups in total. The summed E-state index contributed by atoms with van der Waals surface area (Å²) in [6.45, 7) is 4.83. The highest BCUT2D eigenvalue weighted by molar-refractivity contribution is 7.99. The van der Waals surface area contributed by atoms with Gasteiger partial charge in [-0.2, -0.15) is 0 Å². The van der Waals surface area contributed by atoms with Gasteiger partial charge >= 0.3 is 5.97 Å². The number of aromatic nitrogens is 1. The molecule has 0 saturated heterocycles. The molecule has 0 unspecified atom stereocenters. The number of nitrogens with one attached hydrogen (secondary N) is 1. The lowest BCUT2D eigenvalue weighted by molar-refractivity contribution is 0.0405. The number of para-hydroxylation sites is 1. The van der Waals surface area contributed by atoms with Gasteiger partial charge in [0.1, 0.15) is 17.4 Å². The fourth-order valence-electron chi connectivity index (χ4n) is 3.04. The maximum atomic E-state index is 11.4. The SMILES string of the molecule is CCOCCOCCOc1ccc(Sc2ccc(CC(=S)Nc3ccccc3C(=O)O)cn2)cc1. The number of thiocarbonyl (C=S) groups is 1. The van der Waals surface area contributed by atoms with Crippen LogP contribution in [0.5, 0.6) is 5.75 Å². The van der Waals surface area contributed by atoms with Crippen molar-refractivity contribution in [3.63, 3.8) is 0 Å². The van der Waals surface area contributed by atoms with Crippen molar-refractivity contribution >= 4 is 40.6 Å². The molecule has 0 radical (unpaired) electrons. The molecule has 0 fully saturated rings. The van der Waals surface area contributed by atoms with Crippen molar-refractivity contribution in [3.8, 4) is 5.75 Å². The van der Waals surface area contributed by atoms with Crippen LogP contribution in [0.4, 0.5) is 5.69 Å². The van der Waals surface area contributed by atoms with Gasteiger partial charge in [0.2, 0.25) is 0 Å². The number of benzene rings is 2. The van der Waals surface area contributed by atoms with Crippen LogP contribution in [0.2, 0.25) is 0 Å². The van der Waals surface area contributed by atoms with Gasteiger partial charge in [-0.3, -0.25) is 0 Å². The van der Waals surface area contributed by atoms with Gasteiger partial charge in [0.25, 0.3) is 0 Å². The van der Waals surface area contributed by atoms with E-state index >= 15 is 0 Å². The Balaban J connectivity index is 1.44. The molecular weight excluding hydrogens is 484 g/mol. The van der Waals surface area contributed by atoms with E-state index in [2.05, 4.69) is 10.3 Å². The number of nitrogens with zero attached hydrogens (tertiary/aromatic N) is 1. The second-order valence-corrected chi connectivity index (χ2v) is 8.90. The fourth-order valence-corrected chi connectivity index (χ4v) is 4.07. The molecule has 1 heterocycles. The molecule has 1 aromatic heterocycles. The van der Waals surface area contributed by atoms with Crippen LogP contribution in [0, 0.1) is 0 Å². The Morgan fingerprint density at radius 3 is 2.46 bits per heavy atom. The average Bonchev–Trinajstić information content (AvgIpc) is 2.86. The molecule has 0 aliphatic carbocycles.